The van der Waals surface area contributed by atoms with Gasteiger partial charge in [0.25, 0.3) is 0 Å². The zero-order chi connectivity index (χ0) is 21.5. The number of amides is 1. The lowest BCUT2D eigenvalue weighted by molar-refractivity contribution is -0.137. The average Bonchev–Trinajstić information content (AvgIpc) is 2.65. The van der Waals surface area contributed by atoms with Crippen LogP contribution in [0.3, 0.4) is 0 Å². The monoisotopic (exact) mass is 446 g/mol. The number of rotatable bonds is 9. The van der Waals surface area contributed by atoms with Crippen LogP contribution in [0, 0.1) is 0 Å². The molecule has 0 heterocycles. The molecule has 0 spiro atoms. The highest BCUT2D eigenvalue weighted by Crippen LogP contribution is 2.32. The summed E-state index contributed by atoms with van der Waals surface area (Å²) in [5.74, 6) is 0.172. The molecule has 0 radical (unpaired) electrons. The van der Waals surface area contributed by atoms with Crippen molar-refractivity contribution < 1.29 is 26.4 Å². The summed E-state index contributed by atoms with van der Waals surface area (Å²) in [5.41, 5.74) is -1.20. The molecule has 0 saturated carbocycles. The molecule has 0 aliphatic heterocycles. The van der Waals surface area contributed by atoms with Gasteiger partial charge < -0.3 is 5.32 Å². The zero-order valence-electron chi connectivity index (χ0n) is 15.6. The molecule has 0 aromatic heterocycles. The summed E-state index contributed by atoms with van der Waals surface area (Å²) in [6.45, 7) is -0.259. The number of hydrogen-bond acceptors (Lipinski definition) is 4. The van der Waals surface area contributed by atoms with Crippen LogP contribution in [-0.4, -0.2) is 39.4 Å². The van der Waals surface area contributed by atoms with Gasteiger partial charge in [0.15, 0.2) is 0 Å². The maximum Gasteiger partial charge on any atom is 0.416 e. The van der Waals surface area contributed by atoms with E-state index >= 15 is 0 Å². The Kier molecular flexibility index (Phi) is 7.97. The van der Waals surface area contributed by atoms with Gasteiger partial charge in [-0.3, -0.25) is 9.10 Å². The molecule has 2 aromatic rings. The second kappa shape index (κ2) is 10.0. The minimum absolute atomic E-state index is 0.211. The summed E-state index contributed by atoms with van der Waals surface area (Å²) < 4.78 is 63.4. The lowest BCUT2D eigenvalue weighted by Gasteiger charge is -2.22. The second-order valence-electron chi connectivity index (χ2n) is 6.18. The van der Waals surface area contributed by atoms with Crippen LogP contribution < -0.4 is 9.62 Å². The van der Waals surface area contributed by atoms with Crippen molar-refractivity contribution in [1.82, 2.24) is 5.32 Å². The largest absolute Gasteiger partial charge is 0.416 e. The van der Waals surface area contributed by atoms with Gasteiger partial charge in [0.1, 0.15) is 6.54 Å². The van der Waals surface area contributed by atoms with Gasteiger partial charge in [-0.25, -0.2) is 8.42 Å². The third-order valence-corrected chi connectivity index (χ3v) is 6.04. The van der Waals surface area contributed by atoms with E-state index in [9.17, 15) is 26.4 Å². The minimum Gasteiger partial charge on any atom is -0.354 e. The van der Waals surface area contributed by atoms with Crippen molar-refractivity contribution in [3.05, 3.63) is 60.2 Å². The first-order chi connectivity index (χ1) is 13.6. The lowest BCUT2D eigenvalue weighted by Crippen LogP contribution is -2.40. The van der Waals surface area contributed by atoms with Crippen LogP contribution in [0.15, 0.2) is 59.5 Å². The standard InChI is InChI=1S/C19H21F3N2O3S2/c1-29(26,27)24(16-8-5-7-15(13-16)19(20,21)22)14-18(25)23-11-6-12-28-17-9-3-2-4-10-17/h2-5,7-10,13H,6,11-12,14H2,1H3,(H,23,25). The predicted octanol–water partition coefficient (Wildman–Crippen LogP) is 3.77. The highest BCUT2D eigenvalue weighted by Gasteiger charge is 2.31. The molecular weight excluding hydrogens is 425 g/mol. The molecule has 0 saturated heterocycles. The molecule has 2 rings (SSSR count). The van der Waals surface area contributed by atoms with Gasteiger partial charge in [-0.15, -0.1) is 11.8 Å². The summed E-state index contributed by atoms with van der Waals surface area (Å²) >= 11 is 1.63. The Balaban J connectivity index is 1.92. The van der Waals surface area contributed by atoms with Gasteiger partial charge >= 0.3 is 6.18 Å². The van der Waals surface area contributed by atoms with Crippen molar-refractivity contribution in [1.29, 1.82) is 0 Å². The van der Waals surface area contributed by atoms with Crippen LogP contribution >= 0.6 is 11.8 Å². The second-order valence-corrected chi connectivity index (χ2v) is 9.26. The predicted molar refractivity (Wildman–Crippen MR) is 108 cm³/mol. The van der Waals surface area contributed by atoms with Gasteiger partial charge in [0, 0.05) is 11.4 Å². The third kappa shape index (κ3) is 7.62. The normalized spacial score (nSPS) is 11.9. The number of carbonyl (C=O) groups is 1. The molecule has 0 bridgehead atoms. The van der Waals surface area contributed by atoms with E-state index in [1.165, 1.54) is 6.07 Å². The van der Waals surface area contributed by atoms with Crippen molar-refractivity contribution in [3.63, 3.8) is 0 Å². The van der Waals surface area contributed by atoms with Gasteiger partial charge in [-0.1, -0.05) is 24.3 Å². The number of benzene rings is 2. The van der Waals surface area contributed by atoms with E-state index in [-0.39, 0.29) is 5.69 Å². The van der Waals surface area contributed by atoms with Crippen LogP contribution in [0.2, 0.25) is 0 Å². The summed E-state index contributed by atoms with van der Waals surface area (Å²) in [5, 5.41) is 2.61. The van der Waals surface area contributed by atoms with Crippen molar-refractivity contribution >= 4 is 33.4 Å². The fourth-order valence-electron chi connectivity index (χ4n) is 2.43. The Morgan fingerprint density at radius 2 is 1.79 bits per heavy atom. The van der Waals surface area contributed by atoms with Crippen LogP contribution in [0.1, 0.15) is 12.0 Å². The van der Waals surface area contributed by atoms with Crippen molar-refractivity contribution in [2.24, 2.45) is 0 Å². The lowest BCUT2D eigenvalue weighted by atomic mass is 10.2. The summed E-state index contributed by atoms with van der Waals surface area (Å²) in [7, 11) is -3.95. The van der Waals surface area contributed by atoms with E-state index in [4.69, 9.17) is 0 Å². The van der Waals surface area contributed by atoms with E-state index in [2.05, 4.69) is 5.32 Å². The average molecular weight is 447 g/mol. The molecule has 0 fully saturated rings. The van der Waals surface area contributed by atoms with Gasteiger partial charge in [-0.05, 0) is 42.5 Å². The number of nitrogens with one attached hydrogen (secondary N) is 1. The van der Waals surface area contributed by atoms with E-state index in [1.54, 1.807) is 11.8 Å². The van der Waals surface area contributed by atoms with Gasteiger partial charge in [0.05, 0.1) is 17.5 Å². The van der Waals surface area contributed by atoms with E-state index in [0.29, 0.717) is 23.3 Å². The number of carbonyl (C=O) groups excluding carboxylic acids is 1. The Morgan fingerprint density at radius 3 is 2.41 bits per heavy atom. The van der Waals surface area contributed by atoms with Crippen molar-refractivity contribution in [2.45, 2.75) is 17.5 Å². The molecule has 10 heteroatoms. The first-order valence-electron chi connectivity index (χ1n) is 8.67. The van der Waals surface area contributed by atoms with Crippen LogP contribution in [0.4, 0.5) is 18.9 Å². The first kappa shape index (κ1) is 23.1. The third-order valence-electron chi connectivity index (χ3n) is 3.80. The quantitative estimate of drug-likeness (QED) is 0.470. The maximum absolute atomic E-state index is 12.9. The maximum atomic E-state index is 12.9. The zero-order valence-corrected chi connectivity index (χ0v) is 17.3. The molecule has 2 aromatic carbocycles. The Bertz CT molecular complexity index is 920. The smallest absolute Gasteiger partial charge is 0.354 e. The van der Waals surface area contributed by atoms with Crippen LogP contribution in [0.25, 0.3) is 0 Å². The first-order valence-corrected chi connectivity index (χ1v) is 11.5. The summed E-state index contributed by atoms with van der Waals surface area (Å²) in [4.78, 5) is 13.2. The fraction of sp³-hybridized carbons (Fsp3) is 0.316. The van der Waals surface area contributed by atoms with Gasteiger partial charge in [0.2, 0.25) is 15.9 Å². The minimum atomic E-state index is -4.61. The molecule has 158 valence electrons. The summed E-state index contributed by atoms with van der Waals surface area (Å²) in [6.07, 6.45) is -3.11. The SMILES string of the molecule is CS(=O)(=O)N(CC(=O)NCCCSc1ccccc1)c1cccc(C(F)(F)F)c1. The molecule has 29 heavy (non-hydrogen) atoms. The number of thioether (sulfide) groups is 1. The Morgan fingerprint density at radius 1 is 1.10 bits per heavy atom. The van der Waals surface area contributed by atoms with Crippen molar-refractivity contribution in [3.8, 4) is 0 Å². The van der Waals surface area contributed by atoms with E-state index in [1.807, 2.05) is 30.3 Å². The Hall–Kier alpha value is -2.20. The Labute approximate surface area is 172 Å². The molecule has 0 unspecified atom stereocenters. The molecule has 1 N–H and O–H groups in total. The van der Waals surface area contributed by atoms with Crippen LogP contribution in [0.5, 0.6) is 0 Å². The molecule has 0 aliphatic carbocycles. The van der Waals surface area contributed by atoms with Gasteiger partial charge in [-0.2, -0.15) is 13.2 Å². The number of halogens is 3. The molecular formula is C19H21F3N2O3S2. The molecule has 0 atom stereocenters. The van der Waals surface area contributed by atoms with E-state index < -0.39 is 34.2 Å². The van der Waals surface area contributed by atoms with E-state index in [0.717, 1.165) is 29.0 Å². The summed E-state index contributed by atoms with van der Waals surface area (Å²) in [6, 6.07) is 13.6. The molecule has 5 nitrogen and oxygen atoms in total. The molecule has 0 aliphatic rings. The fourth-order valence-corrected chi connectivity index (χ4v) is 4.15. The number of hydrogen-bond donors (Lipinski definition) is 1. The number of alkyl halides is 3. The highest BCUT2D eigenvalue weighted by atomic mass is 32.2. The number of sulfonamides is 1. The topological polar surface area (TPSA) is 66.5 Å². The highest BCUT2D eigenvalue weighted by molar-refractivity contribution is 7.99. The number of anilines is 1. The molecule has 1 amide bonds. The van der Waals surface area contributed by atoms with Crippen molar-refractivity contribution in [2.75, 3.05) is 29.4 Å². The van der Waals surface area contributed by atoms with Crippen LogP contribution in [-0.2, 0) is 21.0 Å². The number of nitrogens with zero attached hydrogens (tertiary/aromatic N) is 1.